The zero-order chi connectivity index (χ0) is 13.8. The van der Waals surface area contributed by atoms with Gasteiger partial charge in [0, 0.05) is 37.5 Å². The van der Waals surface area contributed by atoms with Crippen LogP contribution in [-0.2, 0) is 13.5 Å². The standard InChI is InChI=1S/C13H18BrN5/c1-4-17-11(10-6-15-8-16-7-10)5-12-13(14)9(2)18-19(12)3/h6-8,11,17H,4-5H2,1-3H3. The molecule has 0 fully saturated rings. The molecule has 1 N–H and O–H groups in total. The lowest BCUT2D eigenvalue weighted by molar-refractivity contribution is 0.525. The molecule has 0 aliphatic rings. The predicted octanol–water partition coefficient (Wildman–Crippen LogP) is 2.17. The van der Waals surface area contributed by atoms with Gasteiger partial charge in [0.1, 0.15) is 6.33 Å². The lowest BCUT2D eigenvalue weighted by Gasteiger charge is -2.18. The fourth-order valence-corrected chi connectivity index (χ4v) is 2.64. The molecule has 2 rings (SSSR count). The number of aryl methyl sites for hydroxylation is 2. The molecule has 2 aromatic rings. The molecule has 1 unspecified atom stereocenters. The maximum Gasteiger partial charge on any atom is 0.115 e. The molecule has 0 bridgehead atoms. The van der Waals surface area contributed by atoms with Crippen LogP contribution < -0.4 is 5.32 Å². The minimum atomic E-state index is 0.192. The number of nitrogens with one attached hydrogen (secondary N) is 1. The largest absolute Gasteiger partial charge is 0.310 e. The molecule has 6 heteroatoms. The van der Waals surface area contributed by atoms with Crippen molar-refractivity contribution in [3.63, 3.8) is 0 Å². The van der Waals surface area contributed by atoms with Gasteiger partial charge >= 0.3 is 0 Å². The van der Waals surface area contributed by atoms with Crippen LogP contribution in [0.5, 0.6) is 0 Å². The normalized spacial score (nSPS) is 12.6. The summed E-state index contributed by atoms with van der Waals surface area (Å²) in [7, 11) is 1.97. The molecule has 0 radical (unpaired) electrons. The van der Waals surface area contributed by atoms with E-state index in [4.69, 9.17) is 0 Å². The van der Waals surface area contributed by atoms with Crippen LogP contribution in [0.2, 0.25) is 0 Å². The van der Waals surface area contributed by atoms with Crippen LogP contribution in [0.3, 0.4) is 0 Å². The Kier molecular flexibility index (Phi) is 4.66. The van der Waals surface area contributed by atoms with Gasteiger partial charge in [-0.1, -0.05) is 6.92 Å². The first-order chi connectivity index (χ1) is 9.13. The Hall–Kier alpha value is -1.27. The third-order valence-corrected chi connectivity index (χ3v) is 4.12. The van der Waals surface area contributed by atoms with E-state index in [0.717, 1.165) is 28.7 Å². The first-order valence-corrected chi connectivity index (χ1v) is 7.09. The second-order valence-electron chi connectivity index (χ2n) is 4.46. The molecule has 0 saturated carbocycles. The van der Waals surface area contributed by atoms with Crippen LogP contribution in [-0.4, -0.2) is 26.3 Å². The van der Waals surface area contributed by atoms with Gasteiger partial charge in [0.2, 0.25) is 0 Å². The second kappa shape index (κ2) is 6.25. The zero-order valence-electron chi connectivity index (χ0n) is 11.4. The average Bonchev–Trinajstić information content (AvgIpc) is 2.65. The molecular weight excluding hydrogens is 306 g/mol. The highest BCUT2D eigenvalue weighted by Gasteiger charge is 2.18. The van der Waals surface area contributed by atoms with Gasteiger partial charge in [-0.3, -0.25) is 4.68 Å². The van der Waals surface area contributed by atoms with Crippen molar-refractivity contribution in [2.24, 2.45) is 7.05 Å². The summed E-state index contributed by atoms with van der Waals surface area (Å²) in [6.45, 7) is 5.00. The second-order valence-corrected chi connectivity index (χ2v) is 5.25. The van der Waals surface area contributed by atoms with E-state index in [1.54, 1.807) is 6.33 Å². The summed E-state index contributed by atoms with van der Waals surface area (Å²) in [5.41, 5.74) is 3.28. The Labute approximate surface area is 121 Å². The first-order valence-electron chi connectivity index (χ1n) is 6.29. The Morgan fingerprint density at radius 3 is 2.58 bits per heavy atom. The van der Waals surface area contributed by atoms with Crippen LogP contribution >= 0.6 is 15.9 Å². The molecule has 19 heavy (non-hydrogen) atoms. The first kappa shape index (κ1) is 14.1. The van der Waals surface area contributed by atoms with Crippen LogP contribution in [0, 0.1) is 6.92 Å². The van der Waals surface area contributed by atoms with Crippen molar-refractivity contribution < 1.29 is 0 Å². The lowest BCUT2D eigenvalue weighted by atomic mass is 10.0. The molecule has 2 heterocycles. The number of hydrogen-bond acceptors (Lipinski definition) is 4. The van der Waals surface area contributed by atoms with Crippen molar-refractivity contribution >= 4 is 15.9 Å². The summed E-state index contributed by atoms with van der Waals surface area (Å²) in [5, 5.41) is 7.90. The van der Waals surface area contributed by atoms with E-state index < -0.39 is 0 Å². The van der Waals surface area contributed by atoms with Gasteiger partial charge in [0.15, 0.2) is 0 Å². The SMILES string of the molecule is CCNC(Cc1c(Br)c(C)nn1C)c1cncnc1. The quantitative estimate of drug-likeness (QED) is 0.916. The van der Waals surface area contributed by atoms with Gasteiger partial charge in [-0.15, -0.1) is 0 Å². The predicted molar refractivity (Wildman–Crippen MR) is 77.8 cm³/mol. The highest BCUT2D eigenvalue weighted by Crippen LogP contribution is 2.25. The van der Waals surface area contributed by atoms with E-state index in [1.807, 2.05) is 31.0 Å². The zero-order valence-corrected chi connectivity index (χ0v) is 13.0. The highest BCUT2D eigenvalue weighted by molar-refractivity contribution is 9.10. The van der Waals surface area contributed by atoms with Crippen LogP contribution in [0.25, 0.3) is 0 Å². The van der Waals surface area contributed by atoms with E-state index in [2.05, 4.69) is 43.2 Å². The van der Waals surface area contributed by atoms with E-state index in [1.165, 1.54) is 5.69 Å². The topological polar surface area (TPSA) is 55.6 Å². The van der Waals surface area contributed by atoms with Crippen LogP contribution in [0.15, 0.2) is 23.2 Å². The minimum Gasteiger partial charge on any atom is -0.310 e. The summed E-state index contributed by atoms with van der Waals surface area (Å²) in [5.74, 6) is 0. The van der Waals surface area contributed by atoms with Crippen molar-refractivity contribution in [3.05, 3.63) is 40.1 Å². The van der Waals surface area contributed by atoms with Crippen molar-refractivity contribution in [2.45, 2.75) is 26.3 Å². The van der Waals surface area contributed by atoms with E-state index >= 15 is 0 Å². The number of hydrogen-bond donors (Lipinski definition) is 1. The number of halogens is 1. The summed E-state index contributed by atoms with van der Waals surface area (Å²) in [6, 6.07) is 0.192. The van der Waals surface area contributed by atoms with Crippen molar-refractivity contribution in [3.8, 4) is 0 Å². The average molecular weight is 324 g/mol. The molecule has 102 valence electrons. The molecule has 0 aliphatic carbocycles. The summed E-state index contributed by atoms with van der Waals surface area (Å²) >= 11 is 3.61. The Morgan fingerprint density at radius 1 is 1.37 bits per heavy atom. The summed E-state index contributed by atoms with van der Waals surface area (Å²) in [6.07, 6.45) is 6.12. The monoisotopic (exact) mass is 323 g/mol. The molecule has 0 aromatic carbocycles. The molecular formula is C13H18BrN5. The van der Waals surface area contributed by atoms with E-state index in [-0.39, 0.29) is 6.04 Å². The maximum atomic E-state index is 4.43. The van der Waals surface area contributed by atoms with Crippen LogP contribution in [0.4, 0.5) is 0 Å². The smallest absolute Gasteiger partial charge is 0.115 e. The molecule has 0 saturated heterocycles. The van der Waals surface area contributed by atoms with E-state index in [9.17, 15) is 0 Å². The number of likely N-dealkylation sites (N-methyl/N-ethyl adjacent to an activating group) is 1. The summed E-state index contributed by atoms with van der Waals surface area (Å²) in [4.78, 5) is 8.19. The van der Waals surface area contributed by atoms with Crippen LogP contribution in [0.1, 0.15) is 29.9 Å². The van der Waals surface area contributed by atoms with Gasteiger partial charge in [-0.25, -0.2) is 9.97 Å². The van der Waals surface area contributed by atoms with Gasteiger partial charge < -0.3 is 5.32 Å². The molecule has 5 nitrogen and oxygen atoms in total. The van der Waals surface area contributed by atoms with Gasteiger partial charge in [0.25, 0.3) is 0 Å². The molecule has 2 aromatic heterocycles. The van der Waals surface area contributed by atoms with Gasteiger partial charge in [-0.2, -0.15) is 5.10 Å². The highest BCUT2D eigenvalue weighted by atomic mass is 79.9. The minimum absolute atomic E-state index is 0.192. The van der Waals surface area contributed by atoms with Crippen molar-refractivity contribution in [1.29, 1.82) is 0 Å². The Bertz CT molecular complexity index is 537. The number of rotatable bonds is 5. The number of aromatic nitrogens is 4. The summed E-state index contributed by atoms with van der Waals surface area (Å²) < 4.78 is 3.00. The van der Waals surface area contributed by atoms with Crippen molar-refractivity contribution in [1.82, 2.24) is 25.1 Å². The lowest BCUT2D eigenvalue weighted by Crippen LogP contribution is -2.24. The van der Waals surface area contributed by atoms with Crippen molar-refractivity contribution in [2.75, 3.05) is 6.54 Å². The Balaban J connectivity index is 2.26. The van der Waals surface area contributed by atoms with Gasteiger partial charge in [-0.05, 0) is 29.4 Å². The molecule has 0 amide bonds. The fourth-order valence-electron chi connectivity index (χ4n) is 2.14. The molecule has 1 atom stereocenters. The molecule has 0 spiro atoms. The Morgan fingerprint density at radius 2 is 2.05 bits per heavy atom. The van der Waals surface area contributed by atoms with Gasteiger partial charge in [0.05, 0.1) is 15.9 Å². The third kappa shape index (κ3) is 3.19. The third-order valence-electron chi connectivity index (χ3n) is 3.09. The molecule has 0 aliphatic heterocycles. The van der Waals surface area contributed by atoms with E-state index in [0.29, 0.717) is 0 Å². The fraction of sp³-hybridized carbons (Fsp3) is 0.462. The maximum absolute atomic E-state index is 4.43. The number of nitrogens with zero attached hydrogens (tertiary/aromatic N) is 4.